The van der Waals surface area contributed by atoms with Crippen LogP contribution in [0.4, 0.5) is 0 Å². The molecule has 4 atom stereocenters. The highest BCUT2D eigenvalue weighted by molar-refractivity contribution is 5.70. The second-order valence-corrected chi connectivity index (χ2v) is 4.08. The van der Waals surface area contributed by atoms with Crippen LogP contribution in [0.1, 0.15) is 25.7 Å². The molecule has 2 rings (SSSR count). The third-order valence-electron chi connectivity index (χ3n) is 3.43. The van der Waals surface area contributed by atoms with Gasteiger partial charge in [-0.2, -0.15) is 0 Å². The lowest BCUT2D eigenvalue weighted by Crippen LogP contribution is -2.23. The van der Waals surface area contributed by atoms with E-state index in [2.05, 4.69) is 0 Å². The maximum Gasteiger partial charge on any atom is 0.306 e. The van der Waals surface area contributed by atoms with Crippen LogP contribution in [-0.4, -0.2) is 22.3 Å². The van der Waals surface area contributed by atoms with Crippen molar-refractivity contribution in [2.75, 3.05) is 0 Å². The molecular formula is C9H14O3. The van der Waals surface area contributed by atoms with Gasteiger partial charge in [-0.15, -0.1) is 0 Å². The molecule has 0 aromatic heterocycles. The van der Waals surface area contributed by atoms with Gasteiger partial charge in [0, 0.05) is 0 Å². The molecule has 2 N–H and O–H groups in total. The normalized spacial score (nSPS) is 46.1. The molecule has 2 aliphatic rings. The SMILES string of the molecule is O=C(O)[C@@H]1C[C@@H]2C[C@H]1CC[C@@H]2O. The van der Waals surface area contributed by atoms with Crippen molar-refractivity contribution >= 4 is 5.97 Å². The summed E-state index contributed by atoms with van der Waals surface area (Å²) < 4.78 is 0. The smallest absolute Gasteiger partial charge is 0.306 e. The zero-order valence-electron chi connectivity index (χ0n) is 6.94. The number of aliphatic hydroxyl groups excluding tert-OH is 1. The lowest BCUT2D eigenvalue weighted by atomic mass is 9.85. The van der Waals surface area contributed by atoms with E-state index in [0.29, 0.717) is 12.3 Å². The van der Waals surface area contributed by atoms with Gasteiger partial charge in [0.05, 0.1) is 12.0 Å². The Morgan fingerprint density at radius 3 is 2.50 bits per heavy atom. The Bertz CT molecular complexity index is 202. The van der Waals surface area contributed by atoms with Crippen LogP contribution in [0.5, 0.6) is 0 Å². The van der Waals surface area contributed by atoms with Crippen LogP contribution in [0.3, 0.4) is 0 Å². The Morgan fingerprint density at radius 1 is 1.17 bits per heavy atom. The molecule has 0 aromatic rings. The van der Waals surface area contributed by atoms with Crippen molar-refractivity contribution in [2.24, 2.45) is 17.8 Å². The van der Waals surface area contributed by atoms with Crippen LogP contribution >= 0.6 is 0 Å². The Hall–Kier alpha value is -0.570. The van der Waals surface area contributed by atoms with Gasteiger partial charge in [-0.1, -0.05) is 0 Å². The second kappa shape index (κ2) is 2.73. The maximum absolute atomic E-state index is 10.8. The van der Waals surface area contributed by atoms with Crippen molar-refractivity contribution in [2.45, 2.75) is 31.8 Å². The average Bonchev–Trinajstić information content (AvgIpc) is 2.37. The lowest BCUT2D eigenvalue weighted by molar-refractivity contribution is -0.142. The zero-order valence-corrected chi connectivity index (χ0v) is 6.94. The van der Waals surface area contributed by atoms with Crippen LogP contribution in [0, 0.1) is 17.8 Å². The number of aliphatic carboxylic acids is 1. The van der Waals surface area contributed by atoms with Gasteiger partial charge < -0.3 is 10.2 Å². The van der Waals surface area contributed by atoms with Crippen molar-refractivity contribution in [3.8, 4) is 0 Å². The van der Waals surface area contributed by atoms with Crippen LogP contribution in [0.2, 0.25) is 0 Å². The van der Waals surface area contributed by atoms with Crippen molar-refractivity contribution in [3.63, 3.8) is 0 Å². The van der Waals surface area contributed by atoms with Crippen molar-refractivity contribution in [3.05, 3.63) is 0 Å². The largest absolute Gasteiger partial charge is 0.481 e. The van der Waals surface area contributed by atoms with E-state index in [0.717, 1.165) is 19.3 Å². The third-order valence-corrected chi connectivity index (χ3v) is 3.43. The summed E-state index contributed by atoms with van der Waals surface area (Å²) in [5.74, 6) is -0.232. The number of carboxylic acids is 1. The molecular weight excluding hydrogens is 156 g/mol. The highest BCUT2D eigenvalue weighted by Crippen LogP contribution is 2.45. The van der Waals surface area contributed by atoms with E-state index in [1.54, 1.807) is 0 Å². The van der Waals surface area contributed by atoms with Gasteiger partial charge in [0.2, 0.25) is 0 Å². The fourth-order valence-electron chi connectivity index (χ4n) is 2.72. The topological polar surface area (TPSA) is 57.5 Å². The molecule has 0 heterocycles. The minimum atomic E-state index is -0.670. The Morgan fingerprint density at radius 2 is 1.92 bits per heavy atom. The number of aliphatic hydroxyl groups is 1. The number of hydrogen-bond donors (Lipinski definition) is 2. The molecule has 2 saturated carbocycles. The first kappa shape index (κ1) is 8.05. The van der Waals surface area contributed by atoms with Gasteiger partial charge in [0.1, 0.15) is 0 Å². The molecule has 2 fully saturated rings. The first-order valence-corrected chi connectivity index (χ1v) is 4.59. The van der Waals surface area contributed by atoms with Crippen molar-refractivity contribution in [1.82, 2.24) is 0 Å². The van der Waals surface area contributed by atoms with Crippen LogP contribution in [-0.2, 0) is 4.79 Å². The maximum atomic E-state index is 10.8. The van der Waals surface area contributed by atoms with Gasteiger partial charge in [0.25, 0.3) is 0 Å². The number of fused-ring (bicyclic) bond motifs is 2. The third kappa shape index (κ3) is 1.12. The van der Waals surface area contributed by atoms with E-state index in [-0.39, 0.29) is 17.9 Å². The van der Waals surface area contributed by atoms with Crippen molar-refractivity contribution in [1.29, 1.82) is 0 Å². The molecule has 0 aliphatic heterocycles. The summed E-state index contributed by atoms with van der Waals surface area (Å²) >= 11 is 0. The van der Waals surface area contributed by atoms with Gasteiger partial charge in [-0.25, -0.2) is 0 Å². The fourth-order valence-corrected chi connectivity index (χ4v) is 2.72. The molecule has 3 heteroatoms. The Labute approximate surface area is 71.4 Å². The second-order valence-electron chi connectivity index (χ2n) is 4.08. The molecule has 0 amide bonds. The molecule has 3 nitrogen and oxygen atoms in total. The minimum absolute atomic E-state index is 0.174. The van der Waals surface area contributed by atoms with E-state index in [1.807, 2.05) is 0 Å². The summed E-state index contributed by atoms with van der Waals surface area (Å²) in [6.45, 7) is 0. The van der Waals surface area contributed by atoms with Crippen LogP contribution < -0.4 is 0 Å². The summed E-state index contributed by atoms with van der Waals surface area (Å²) in [5.41, 5.74) is 0. The number of carbonyl (C=O) groups is 1. The van der Waals surface area contributed by atoms with E-state index < -0.39 is 5.97 Å². The molecule has 0 saturated heterocycles. The molecule has 68 valence electrons. The van der Waals surface area contributed by atoms with Gasteiger partial charge in [-0.3, -0.25) is 4.79 Å². The minimum Gasteiger partial charge on any atom is -0.481 e. The highest BCUT2D eigenvalue weighted by atomic mass is 16.4. The predicted molar refractivity (Wildman–Crippen MR) is 42.6 cm³/mol. The summed E-state index contributed by atoms with van der Waals surface area (Å²) in [6, 6.07) is 0. The summed E-state index contributed by atoms with van der Waals surface area (Å²) in [4.78, 5) is 10.8. The summed E-state index contributed by atoms with van der Waals surface area (Å²) in [6.07, 6.45) is 3.10. The Balaban J connectivity index is 2.10. The van der Waals surface area contributed by atoms with Gasteiger partial charge in [0.15, 0.2) is 0 Å². The standard InChI is InChI=1S/C9H14O3/c10-8-2-1-5-3-6(8)4-7(5)9(11)12/h5-8,10H,1-4H2,(H,11,12)/t5-,6+,7-,8+/m1/s1. The summed E-state index contributed by atoms with van der Waals surface area (Å²) in [7, 11) is 0. The van der Waals surface area contributed by atoms with E-state index >= 15 is 0 Å². The Kier molecular flexibility index (Phi) is 1.83. The molecule has 0 spiro atoms. The monoisotopic (exact) mass is 170 g/mol. The summed E-state index contributed by atoms with van der Waals surface area (Å²) in [5, 5.41) is 18.4. The number of hydrogen-bond acceptors (Lipinski definition) is 2. The number of carboxylic acid groups (broad SMARTS) is 1. The molecule has 12 heavy (non-hydrogen) atoms. The molecule has 0 radical (unpaired) electrons. The average molecular weight is 170 g/mol. The van der Waals surface area contributed by atoms with Gasteiger partial charge >= 0.3 is 5.97 Å². The fraction of sp³-hybridized carbons (Fsp3) is 0.889. The van der Waals surface area contributed by atoms with Crippen LogP contribution in [0.25, 0.3) is 0 Å². The van der Waals surface area contributed by atoms with Gasteiger partial charge in [-0.05, 0) is 37.5 Å². The molecule has 2 bridgehead atoms. The van der Waals surface area contributed by atoms with E-state index in [1.165, 1.54) is 0 Å². The van der Waals surface area contributed by atoms with E-state index in [4.69, 9.17) is 5.11 Å². The quantitative estimate of drug-likeness (QED) is 0.614. The zero-order chi connectivity index (χ0) is 8.72. The first-order chi connectivity index (χ1) is 5.68. The molecule has 0 unspecified atom stereocenters. The molecule has 0 aromatic carbocycles. The lowest BCUT2D eigenvalue weighted by Gasteiger charge is -2.24. The number of rotatable bonds is 1. The highest BCUT2D eigenvalue weighted by Gasteiger charge is 2.44. The van der Waals surface area contributed by atoms with Crippen molar-refractivity contribution < 1.29 is 15.0 Å². The predicted octanol–water partition coefficient (Wildman–Crippen LogP) is 0.868. The van der Waals surface area contributed by atoms with E-state index in [9.17, 15) is 9.90 Å². The van der Waals surface area contributed by atoms with Crippen LogP contribution in [0.15, 0.2) is 0 Å². The molecule has 2 aliphatic carbocycles. The first-order valence-electron chi connectivity index (χ1n) is 4.59.